The van der Waals surface area contributed by atoms with Gasteiger partial charge in [-0.1, -0.05) is 60.7 Å². The van der Waals surface area contributed by atoms with Crippen LogP contribution in [0.4, 0.5) is 0 Å². The van der Waals surface area contributed by atoms with Gasteiger partial charge in [0.05, 0.1) is 11.0 Å². The maximum atomic E-state index is 4.60. The van der Waals surface area contributed by atoms with Gasteiger partial charge in [-0.25, -0.2) is 0 Å². The van der Waals surface area contributed by atoms with E-state index in [1.807, 2.05) is 0 Å². The highest BCUT2D eigenvalue weighted by atomic mass is 14.8. The molecule has 0 unspecified atom stereocenters. The van der Waals surface area contributed by atoms with Gasteiger partial charge in [0.1, 0.15) is 0 Å². The van der Waals surface area contributed by atoms with Crippen molar-refractivity contribution in [3.63, 3.8) is 0 Å². The van der Waals surface area contributed by atoms with Crippen LogP contribution in [0.3, 0.4) is 0 Å². The van der Waals surface area contributed by atoms with Crippen LogP contribution in [0, 0.1) is 0 Å². The molecule has 0 fully saturated rings. The molecule has 0 amide bonds. The lowest BCUT2D eigenvalue weighted by Gasteiger charge is -2.11. The average Bonchev–Trinajstić information content (AvgIpc) is 2.61. The van der Waals surface area contributed by atoms with Gasteiger partial charge in [0.25, 0.3) is 0 Å². The average molecular weight is 280 g/mol. The zero-order valence-corrected chi connectivity index (χ0v) is 11.8. The molecule has 0 N–H and O–H groups in total. The molecule has 2 heteroatoms. The molecule has 102 valence electrons. The van der Waals surface area contributed by atoms with Crippen molar-refractivity contribution < 1.29 is 0 Å². The van der Waals surface area contributed by atoms with Crippen molar-refractivity contribution in [2.75, 3.05) is 0 Å². The minimum atomic E-state index is 0.973. The second kappa shape index (κ2) is 4.25. The third-order valence-corrected chi connectivity index (χ3v) is 4.33. The van der Waals surface area contributed by atoms with Gasteiger partial charge in [0.15, 0.2) is 0 Å². The van der Waals surface area contributed by atoms with Gasteiger partial charge in [-0.05, 0) is 21.5 Å². The molecule has 4 aromatic carbocycles. The van der Waals surface area contributed by atoms with Crippen LogP contribution >= 0.6 is 0 Å². The Hall–Kier alpha value is -3.00. The summed E-state index contributed by atoms with van der Waals surface area (Å²) < 4.78 is 0. The summed E-state index contributed by atoms with van der Waals surface area (Å²) in [6, 6.07) is 21.3. The van der Waals surface area contributed by atoms with E-state index in [1.54, 1.807) is 12.4 Å². The van der Waals surface area contributed by atoms with Crippen LogP contribution in [0.5, 0.6) is 0 Å². The lowest BCUT2D eigenvalue weighted by atomic mass is 9.95. The van der Waals surface area contributed by atoms with Crippen molar-refractivity contribution in [1.29, 1.82) is 0 Å². The Bertz CT molecular complexity index is 1130. The van der Waals surface area contributed by atoms with Crippen molar-refractivity contribution in [3.05, 3.63) is 73.1 Å². The first-order chi connectivity index (χ1) is 10.9. The van der Waals surface area contributed by atoms with Gasteiger partial charge in [-0.2, -0.15) is 0 Å². The van der Waals surface area contributed by atoms with Gasteiger partial charge in [0, 0.05) is 23.2 Å². The van der Waals surface area contributed by atoms with E-state index in [4.69, 9.17) is 0 Å². The summed E-state index contributed by atoms with van der Waals surface area (Å²) in [5.74, 6) is 0. The van der Waals surface area contributed by atoms with Crippen molar-refractivity contribution >= 4 is 43.4 Å². The number of nitrogens with zero attached hydrogens (tertiary/aromatic N) is 2. The van der Waals surface area contributed by atoms with E-state index in [0.29, 0.717) is 0 Å². The number of hydrogen-bond acceptors (Lipinski definition) is 2. The van der Waals surface area contributed by atoms with Gasteiger partial charge >= 0.3 is 0 Å². The van der Waals surface area contributed by atoms with E-state index in [-0.39, 0.29) is 0 Å². The fourth-order valence-electron chi connectivity index (χ4n) is 3.40. The van der Waals surface area contributed by atoms with Crippen LogP contribution in [0.15, 0.2) is 73.1 Å². The predicted molar refractivity (Wildman–Crippen MR) is 92.1 cm³/mol. The lowest BCUT2D eigenvalue weighted by Crippen LogP contribution is -1.89. The van der Waals surface area contributed by atoms with Crippen molar-refractivity contribution in [2.45, 2.75) is 0 Å². The predicted octanol–water partition coefficient (Wildman–Crippen LogP) is 5.09. The summed E-state index contributed by atoms with van der Waals surface area (Å²) in [6.07, 6.45) is 3.54. The van der Waals surface area contributed by atoms with Gasteiger partial charge in [0.2, 0.25) is 0 Å². The highest BCUT2D eigenvalue weighted by Gasteiger charge is 2.11. The number of rotatable bonds is 0. The molecule has 0 radical (unpaired) electrons. The SMILES string of the molecule is c1ccc2c(c1)ccc1c3nccnc3c3ccccc3c21. The molecule has 1 aromatic heterocycles. The zero-order valence-electron chi connectivity index (χ0n) is 11.8. The number of hydrogen-bond donors (Lipinski definition) is 0. The van der Waals surface area contributed by atoms with Crippen LogP contribution in [0.25, 0.3) is 43.4 Å². The molecule has 5 aromatic rings. The maximum absolute atomic E-state index is 4.60. The quantitative estimate of drug-likeness (QED) is 0.369. The number of fused-ring (bicyclic) bond motifs is 8. The molecular formula is C20H12N2. The van der Waals surface area contributed by atoms with E-state index < -0.39 is 0 Å². The normalized spacial score (nSPS) is 11.6. The molecule has 0 spiro atoms. The van der Waals surface area contributed by atoms with E-state index >= 15 is 0 Å². The fraction of sp³-hybridized carbons (Fsp3) is 0. The first-order valence-corrected chi connectivity index (χ1v) is 7.36. The van der Waals surface area contributed by atoms with Gasteiger partial charge in [-0.3, -0.25) is 9.97 Å². The van der Waals surface area contributed by atoms with Gasteiger partial charge < -0.3 is 0 Å². The van der Waals surface area contributed by atoms with Crippen molar-refractivity contribution in [3.8, 4) is 0 Å². The second-order valence-electron chi connectivity index (χ2n) is 5.51. The lowest BCUT2D eigenvalue weighted by molar-refractivity contribution is 1.31. The molecule has 5 rings (SSSR count). The second-order valence-corrected chi connectivity index (χ2v) is 5.51. The van der Waals surface area contributed by atoms with Crippen LogP contribution in [0.1, 0.15) is 0 Å². The first-order valence-electron chi connectivity index (χ1n) is 7.36. The summed E-state index contributed by atoms with van der Waals surface area (Å²) in [7, 11) is 0. The van der Waals surface area contributed by atoms with Crippen LogP contribution in [-0.4, -0.2) is 9.97 Å². The van der Waals surface area contributed by atoms with E-state index in [0.717, 1.165) is 16.4 Å². The summed E-state index contributed by atoms with van der Waals surface area (Å²) >= 11 is 0. The molecule has 0 saturated heterocycles. The molecular weight excluding hydrogens is 268 g/mol. The topological polar surface area (TPSA) is 25.8 Å². The molecule has 22 heavy (non-hydrogen) atoms. The molecule has 1 heterocycles. The molecule has 2 nitrogen and oxygen atoms in total. The summed E-state index contributed by atoms with van der Waals surface area (Å²) in [6.45, 7) is 0. The first kappa shape index (κ1) is 11.6. The zero-order chi connectivity index (χ0) is 14.5. The molecule has 0 saturated carbocycles. The third kappa shape index (κ3) is 1.44. The maximum Gasteiger partial charge on any atom is 0.0971 e. The van der Waals surface area contributed by atoms with Crippen LogP contribution in [0.2, 0.25) is 0 Å². The molecule has 0 aliphatic rings. The van der Waals surface area contributed by atoms with Crippen LogP contribution in [-0.2, 0) is 0 Å². The minimum absolute atomic E-state index is 0.973. The van der Waals surface area contributed by atoms with Crippen LogP contribution < -0.4 is 0 Å². The standard InChI is InChI=1S/C20H12N2/c1-2-6-14-13(5-1)9-10-17-18(14)15-7-3-4-8-16(15)19-20(17)22-12-11-21-19/h1-12H. The highest BCUT2D eigenvalue weighted by molar-refractivity contribution is 6.29. The Morgan fingerprint density at radius 2 is 1.14 bits per heavy atom. The minimum Gasteiger partial charge on any atom is -0.252 e. The Labute approximate surface area is 127 Å². The molecule has 0 aliphatic heterocycles. The smallest absolute Gasteiger partial charge is 0.0971 e. The molecule has 0 atom stereocenters. The van der Waals surface area contributed by atoms with Gasteiger partial charge in [-0.15, -0.1) is 0 Å². The number of benzene rings is 4. The van der Waals surface area contributed by atoms with E-state index in [9.17, 15) is 0 Å². The summed E-state index contributed by atoms with van der Waals surface area (Å²) in [5, 5.41) is 7.35. The summed E-state index contributed by atoms with van der Waals surface area (Å²) in [4.78, 5) is 9.18. The highest BCUT2D eigenvalue weighted by Crippen LogP contribution is 2.36. The molecule has 0 bridgehead atoms. The monoisotopic (exact) mass is 280 g/mol. The van der Waals surface area contributed by atoms with E-state index in [1.165, 1.54) is 26.9 Å². The fourth-order valence-corrected chi connectivity index (χ4v) is 3.40. The third-order valence-electron chi connectivity index (χ3n) is 4.33. The summed E-state index contributed by atoms with van der Waals surface area (Å²) in [5.41, 5.74) is 1.95. The Morgan fingerprint density at radius 3 is 1.95 bits per heavy atom. The van der Waals surface area contributed by atoms with E-state index in [2.05, 4.69) is 70.6 Å². The Balaban J connectivity index is 2.24. The largest absolute Gasteiger partial charge is 0.252 e. The van der Waals surface area contributed by atoms with Crippen molar-refractivity contribution in [2.24, 2.45) is 0 Å². The number of aromatic nitrogens is 2. The Morgan fingerprint density at radius 1 is 0.500 bits per heavy atom. The Kier molecular flexibility index (Phi) is 2.25. The van der Waals surface area contributed by atoms with Crippen molar-refractivity contribution in [1.82, 2.24) is 9.97 Å². The molecule has 0 aliphatic carbocycles.